The minimum atomic E-state index is 0.621. The van der Waals surface area contributed by atoms with Gasteiger partial charge in [-0.1, -0.05) is 37.3 Å². The molecule has 2 rings (SSSR count). The molecule has 0 heterocycles. The second-order valence-electron chi connectivity index (χ2n) is 6.31. The fourth-order valence-electron chi connectivity index (χ4n) is 3.43. The van der Waals surface area contributed by atoms with E-state index in [1.165, 1.54) is 31.2 Å². The highest BCUT2D eigenvalue weighted by Crippen LogP contribution is 2.26. The van der Waals surface area contributed by atoms with E-state index >= 15 is 0 Å². The highest BCUT2D eigenvalue weighted by atomic mass is 15.2. The molecule has 0 bridgehead atoms. The molecule has 1 aliphatic rings. The maximum absolute atomic E-state index is 3.60. The van der Waals surface area contributed by atoms with Crippen LogP contribution in [-0.2, 0) is 6.54 Å². The Morgan fingerprint density at radius 2 is 1.75 bits per heavy atom. The van der Waals surface area contributed by atoms with E-state index in [0.29, 0.717) is 6.04 Å². The van der Waals surface area contributed by atoms with Crippen molar-refractivity contribution >= 4 is 0 Å². The Balaban J connectivity index is 1.93. The maximum Gasteiger partial charge on any atom is 0.0239 e. The van der Waals surface area contributed by atoms with Crippen LogP contribution in [0.5, 0.6) is 0 Å². The molecule has 1 aromatic rings. The minimum absolute atomic E-state index is 0.621. The maximum atomic E-state index is 3.60. The van der Waals surface area contributed by atoms with Crippen molar-refractivity contribution in [2.24, 2.45) is 0 Å². The van der Waals surface area contributed by atoms with Gasteiger partial charge in [-0.25, -0.2) is 0 Å². The number of rotatable bonds is 6. The van der Waals surface area contributed by atoms with Gasteiger partial charge in [0.25, 0.3) is 0 Å². The molecule has 1 fully saturated rings. The van der Waals surface area contributed by atoms with Crippen LogP contribution in [0.25, 0.3) is 0 Å². The first-order valence-corrected chi connectivity index (χ1v) is 8.23. The summed E-state index contributed by atoms with van der Waals surface area (Å²) in [5.41, 5.74) is 1.44. The summed E-state index contributed by atoms with van der Waals surface area (Å²) in [6.07, 6.45) is 5.33. The molecule has 2 nitrogen and oxygen atoms in total. The van der Waals surface area contributed by atoms with Gasteiger partial charge in [-0.05, 0) is 51.6 Å². The predicted octanol–water partition coefficient (Wildman–Crippen LogP) is 3.82. The third kappa shape index (κ3) is 4.32. The number of hydrogen-bond donors (Lipinski definition) is 1. The van der Waals surface area contributed by atoms with Crippen molar-refractivity contribution in [3.63, 3.8) is 0 Å². The van der Waals surface area contributed by atoms with Crippen molar-refractivity contribution < 1.29 is 0 Å². The van der Waals surface area contributed by atoms with E-state index in [1.54, 1.807) is 0 Å². The average molecular weight is 274 g/mol. The van der Waals surface area contributed by atoms with E-state index in [9.17, 15) is 0 Å². The number of hydrogen-bond acceptors (Lipinski definition) is 2. The normalized spacial score (nSPS) is 23.4. The Morgan fingerprint density at radius 3 is 2.30 bits per heavy atom. The lowest BCUT2D eigenvalue weighted by atomic mass is 9.89. The quantitative estimate of drug-likeness (QED) is 0.848. The molecule has 0 aromatic heterocycles. The summed E-state index contributed by atoms with van der Waals surface area (Å²) in [6, 6.07) is 13.0. The van der Waals surface area contributed by atoms with Gasteiger partial charge in [-0.15, -0.1) is 0 Å². The van der Waals surface area contributed by atoms with Gasteiger partial charge in [-0.2, -0.15) is 0 Å². The molecule has 1 N–H and O–H groups in total. The first-order valence-electron chi connectivity index (χ1n) is 8.23. The minimum Gasteiger partial charge on any atom is -0.314 e. The molecule has 1 aromatic carbocycles. The molecule has 1 saturated carbocycles. The number of nitrogens with zero attached hydrogens (tertiary/aromatic N) is 1. The average Bonchev–Trinajstić information content (AvgIpc) is 2.47. The number of nitrogens with one attached hydrogen (secondary N) is 1. The fraction of sp³-hybridized carbons (Fsp3) is 0.667. The molecule has 0 amide bonds. The van der Waals surface area contributed by atoms with E-state index in [2.05, 4.69) is 61.3 Å². The third-order valence-corrected chi connectivity index (χ3v) is 4.53. The molecular weight excluding hydrogens is 244 g/mol. The van der Waals surface area contributed by atoms with Crippen molar-refractivity contribution in [3.8, 4) is 0 Å². The first kappa shape index (κ1) is 15.5. The van der Waals surface area contributed by atoms with Crippen molar-refractivity contribution in [2.75, 3.05) is 6.54 Å². The lowest BCUT2D eigenvalue weighted by molar-refractivity contribution is 0.103. The van der Waals surface area contributed by atoms with Gasteiger partial charge in [0, 0.05) is 24.7 Å². The van der Waals surface area contributed by atoms with Gasteiger partial charge >= 0.3 is 0 Å². The first-order chi connectivity index (χ1) is 9.70. The van der Waals surface area contributed by atoms with Crippen LogP contribution in [0.2, 0.25) is 0 Å². The smallest absolute Gasteiger partial charge is 0.0239 e. The molecule has 2 heteroatoms. The van der Waals surface area contributed by atoms with Gasteiger partial charge in [-0.3, -0.25) is 4.90 Å². The Hall–Kier alpha value is -0.860. The fourth-order valence-corrected chi connectivity index (χ4v) is 3.43. The lowest BCUT2D eigenvalue weighted by Crippen LogP contribution is -2.44. The summed E-state index contributed by atoms with van der Waals surface area (Å²) >= 11 is 0. The van der Waals surface area contributed by atoms with Crippen LogP contribution >= 0.6 is 0 Å². The van der Waals surface area contributed by atoms with Gasteiger partial charge in [0.1, 0.15) is 0 Å². The molecule has 0 aliphatic heterocycles. The molecule has 0 atom stereocenters. The Morgan fingerprint density at radius 1 is 1.10 bits per heavy atom. The van der Waals surface area contributed by atoms with E-state index < -0.39 is 0 Å². The molecular formula is C18H30N2. The zero-order valence-electron chi connectivity index (χ0n) is 13.3. The van der Waals surface area contributed by atoms with E-state index in [0.717, 1.165) is 25.2 Å². The molecule has 1 aliphatic carbocycles. The van der Waals surface area contributed by atoms with Crippen LogP contribution in [0.1, 0.15) is 52.0 Å². The van der Waals surface area contributed by atoms with Gasteiger partial charge in [0.05, 0.1) is 0 Å². The van der Waals surface area contributed by atoms with Crippen LogP contribution in [0.4, 0.5) is 0 Å². The summed E-state index contributed by atoms with van der Waals surface area (Å²) < 4.78 is 0. The summed E-state index contributed by atoms with van der Waals surface area (Å²) in [5.74, 6) is 0. The van der Waals surface area contributed by atoms with Crippen LogP contribution in [-0.4, -0.2) is 29.6 Å². The Kier molecular flexibility index (Phi) is 6.06. The van der Waals surface area contributed by atoms with E-state index in [4.69, 9.17) is 0 Å². The number of benzene rings is 1. The van der Waals surface area contributed by atoms with Crippen molar-refractivity contribution in [1.29, 1.82) is 0 Å². The lowest BCUT2D eigenvalue weighted by Gasteiger charge is -2.39. The SMILES string of the molecule is CCNC1CCC(N(Cc2ccccc2)C(C)C)CC1. The van der Waals surface area contributed by atoms with Crippen molar-refractivity contribution in [2.45, 2.75) is 71.1 Å². The summed E-state index contributed by atoms with van der Waals surface area (Å²) in [6.45, 7) is 9.07. The van der Waals surface area contributed by atoms with E-state index in [1.807, 2.05) is 0 Å². The van der Waals surface area contributed by atoms with Crippen LogP contribution < -0.4 is 5.32 Å². The summed E-state index contributed by atoms with van der Waals surface area (Å²) in [7, 11) is 0. The molecule has 112 valence electrons. The van der Waals surface area contributed by atoms with Crippen molar-refractivity contribution in [1.82, 2.24) is 10.2 Å². The van der Waals surface area contributed by atoms with Gasteiger partial charge in [0.2, 0.25) is 0 Å². The van der Waals surface area contributed by atoms with Crippen molar-refractivity contribution in [3.05, 3.63) is 35.9 Å². The zero-order valence-corrected chi connectivity index (χ0v) is 13.3. The molecule has 0 radical (unpaired) electrons. The molecule has 20 heavy (non-hydrogen) atoms. The van der Waals surface area contributed by atoms with Gasteiger partial charge < -0.3 is 5.32 Å². The third-order valence-electron chi connectivity index (χ3n) is 4.53. The van der Waals surface area contributed by atoms with Gasteiger partial charge in [0.15, 0.2) is 0 Å². The largest absolute Gasteiger partial charge is 0.314 e. The molecule has 0 spiro atoms. The van der Waals surface area contributed by atoms with Crippen LogP contribution in [0.3, 0.4) is 0 Å². The van der Waals surface area contributed by atoms with E-state index in [-0.39, 0.29) is 0 Å². The Labute approximate surface area is 124 Å². The monoisotopic (exact) mass is 274 g/mol. The zero-order chi connectivity index (χ0) is 14.4. The standard InChI is InChI=1S/C18H30N2/c1-4-19-17-10-12-18(13-11-17)20(15(2)3)14-16-8-6-5-7-9-16/h5-9,15,17-19H,4,10-14H2,1-3H3. The highest BCUT2D eigenvalue weighted by Gasteiger charge is 2.26. The molecule has 0 unspecified atom stereocenters. The predicted molar refractivity (Wildman–Crippen MR) is 86.8 cm³/mol. The topological polar surface area (TPSA) is 15.3 Å². The Bertz CT molecular complexity index is 366. The van der Waals surface area contributed by atoms with Crippen LogP contribution in [0.15, 0.2) is 30.3 Å². The second kappa shape index (κ2) is 7.80. The summed E-state index contributed by atoms with van der Waals surface area (Å²) in [4.78, 5) is 2.69. The summed E-state index contributed by atoms with van der Waals surface area (Å²) in [5, 5.41) is 3.60. The van der Waals surface area contributed by atoms with Crippen LogP contribution in [0, 0.1) is 0 Å². The second-order valence-corrected chi connectivity index (χ2v) is 6.31. The highest BCUT2D eigenvalue weighted by molar-refractivity contribution is 5.14. The molecule has 0 saturated heterocycles.